The first-order valence-corrected chi connectivity index (χ1v) is 12.6. The molecule has 0 radical (unpaired) electrons. The average Bonchev–Trinajstić information content (AvgIpc) is 3.50. The first-order valence-electron chi connectivity index (χ1n) is 12.6. The van der Waals surface area contributed by atoms with Gasteiger partial charge in [-0.15, -0.1) is 0 Å². The van der Waals surface area contributed by atoms with Crippen molar-refractivity contribution in [1.29, 1.82) is 5.26 Å². The van der Waals surface area contributed by atoms with Gasteiger partial charge in [-0.3, -0.25) is 19.2 Å². The number of nitriles is 1. The predicted octanol–water partition coefficient (Wildman–Crippen LogP) is 4.43. The summed E-state index contributed by atoms with van der Waals surface area (Å²) in [7, 11) is 0. The Morgan fingerprint density at radius 1 is 1.33 bits per heavy atom. The smallest absolute Gasteiger partial charge is 0.254 e. The van der Waals surface area contributed by atoms with Gasteiger partial charge in [-0.05, 0) is 48.8 Å². The molecule has 2 amide bonds. The number of hydrogen-bond donors (Lipinski definition) is 2. The molecule has 0 fully saturated rings. The minimum Gasteiger partial charge on any atom is -0.365 e. The fourth-order valence-corrected chi connectivity index (χ4v) is 4.38. The number of hydrogen-bond acceptors (Lipinski definition) is 5. The van der Waals surface area contributed by atoms with Crippen molar-refractivity contribution >= 4 is 23.2 Å². The first kappa shape index (κ1) is 27.1. The molecule has 1 atom stereocenters. The highest BCUT2D eigenvalue weighted by Crippen LogP contribution is 2.27. The summed E-state index contributed by atoms with van der Waals surface area (Å²) in [6.07, 6.45) is 7.51. The van der Waals surface area contributed by atoms with E-state index in [1.807, 2.05) is 17.9 Å². The molecule has 9 heteroatoms. The van der Waals surface area contributed by atoms with Crippen molar-refractivity contribution in [3.8, 4) is 6.07 Å². The highest BCUT2D eigenvalue weighted by Gasteiger charge is 2.17. The second kappa shape index (κ2) is 13.5. The predicted molar refractivity (Wildman–Crippen MR) is 138 cm³/mol. The summed E-state index contributed by atoms with van der Waals surface area (Å²) in [5, 5.41) is 15.8. The standard InChI is InChI=1S/C27H35FN6O2/c1-2-6-25(35)31-27-24(26(30)36)19-34(32-27)16-5-15-33(18-23(28)13-14-29)17-20-9-11-22(12-10-20)21-7-3-4-8-21/h7,9-12,19,23H,2-6,8,13,15-18H2,1H3,(H2,30,36)(H,31,32,35). The summed E-state index contributed by atoms with van der Waals surface area (Å²) in [5.41, 5.74) is 9.31. The average molecular weight is 495 g/mol. The van der Waals surface area contributed by atoms with Gasteiger partial charge >= 0.3 is 0 Å². The maximum absolute atomic E-state index is 14.3. The van der Waals surface area contributed by atoms with Crippen molar-refractivity contribution in [2.75, 3.05) is 18.4 Å². The Balaban J connectivity index is 1.62. The first-order chi connectivity index (χ1) is 17.4. The number of primary amides is 1. The van der Waals surface area contributed by atoms with Crippen molar-refractivity contribution < 1.29 is 14.0 Å². The Kier molecular flexibility index (Phi) is 10.2. The van der Waals surface area contributed by atoms with Crippen LogP contribution in [0.25, 0.3) is 5.57 Å². The summed E-state index contributed by atoms with van der Waals surface area (Å²) >= 11 is 0. The van der Waals surface area contributed by atoms with Gasteiger partial charge in [0.05, 0.1) is 12.5 Å². The Hall–Kier alpha value is -3.51. The molecule has 1 aliphatic carbocycles. The third kappa shape index (κ3) is 8.02. The molecular weight excluding hydrogens is 459 g/mol. The SMILES string of the molecule is CCCC(=O)Nc1nn(CCCN(Cc2ccc(C3=CCCC3)cc2)CC(F)CC#N)cc1C(N)=O. The van der Waals surface area contributed by atoms with Gasteiger partial charge < -0.3 is 11.1 Å². The second-order valence-electron chi connectivity index (χ2n) is 9.18. The summed E-state index contributed by atoms with van der Waals surface area (Å²) < 4.78 is 15.9. The molecule has 1 aromatic heterocycles. The fraction of sp³-hybridized carbons (Fsp3) is 0.481. The number of rotatable bonds is 14. The molecule has 0 saturated heterocycles. The maximum atomic E-state index is 14.3. The zero-order valence-electron chi connectivity index (χ0n) is 20.9. The molecule has 0 spiro atoms. The van der Waals surface area contributed by atoms with E-state index in [1.54, 1.807) is 4.68 Å². The number of carbonyl (C=O) groups is 2. The molecule has 8 nitrogen and oxygen atoms in total. The van der Waals surface area contributed by atoms with Crippen LogP contribution >= 0.6 is 0 Å². The number of carbonyl (C=O) groups excluding carboxylic acids is 2. The zero-order valence-corrected chi connectivity index (χ0v) is 20.9. The van der Waals surface area contributed by atoms with Crippen molar-refractivity contribution in [1.82, 2.24) is 14.7 Å². The number of allylic oxidation sites excluding steroid dienone is 2. The van der Waals surface area contributed by atoms with Crippen LogP contribution in [0.1, 0.15) is 73.4 Å². The van der Waals surface area contributed by atoms with Crippen LogP contribution in [-0.4, -0.2) is 45.8 Å². The van der Waals surface area contributed by atoms with E-state index < -0.39 is 12.1 Å². The maximum Gasteiger partial charge on any atom is 0.254 e. The van der Waals surface area contributed by atoms with Crippen LogP contribution in [0.3, 0.4) is 0 Å². The molecule has 1 heterocycles. The Morgan fingerprint density at radius 3 is 2.75 bits per heavy atom. The number of benzene rings is 1. The lowest BCUT2D eigenvalue weighted by atomic mass is 10.0. The minimum absolute atomic E-state index is 0.147. The van der Waals surface area contributed by atoms with Crippen LogP contribution in [0.4, 0.5) is 10.2 Å². The number of nitrogens with zero attached hydrogens (tertiary/aromatic N) is 4. The van der Waals surface area contributed by atoms with E-state index in [9.17, 15) is 14.0 Å². The largest absolute Gasteiger partial charge is 0.365 e. The molecule has 3 rings (SSSR count). The van der Waals surface area contributed by atoms with Crippen LogP contribution in [-0.2, 0) is 17.9 Å². The van der Waals surface area contributed by atoms with E-state index in [1.165, 1.54) is 23.8 Å². The zero-order chi connectivity index (χ0) is 25.9. The van der Waals surface area contributed by atoms with Gasteiger partial charge in [0, 0.05) is 38.8 Å². The number of nitrogens with one attached hydrogen (secondary N) is 1. The molecule has 36 heavy (non-hydrogen) atoms. The summed E-state index contributed by atoms with van der Waals surface area (Å²) in [6.45, 7) is 3.64. The number of alkyl halides is 1. The van der Waals surface area contributed by atoms with E-state index in [2.05, 4.69) is 40.8 Å². The number of aromatic nitrogens is 2. The Bertz CT molecular complexity index is 1100. The van der Waals surface area contributed by atoms with Crippen molar-refractivity contribution in [3.63, 3.8) is 0 Å². The lowest BCUT2D eigenvalue weighted by Gasteiger charge is -2.23. The monoisotopic (exact) mass is 494 g/mol. The molecule has 1 aromatic carbocycles. The number of aryl methyl sites for hydroxylation is 1. The molecule has 1 unspecified atom stereocenters. The van der Waals surface area contributed by atoms with Crippen LogP contribution < -0.4 is 11.1 Å². The minimum atomic E-state index is -1.23. The van der Waals surface area contributed by atoms with Crippen LogP contribution in [0.2, 0.25) is 0 Å². The van der Waals surface area contributed by atoms with Crippen LogP contribution in [0.5, 0.6) is 0 Å². The lowest BCUT2D eigenvalue weighted by Crippen LogP contribution is -2.31. The van der Waals surface area contributed by atoms with E-state index >= 15 is 0 Å². The molecule has 0 aliphatic heterocycles. The number of halogens is 1. The Morgan fingerprint density at radius 2 is 2.11 bits per heavy atom. The third-order valence-corrected chi connectivity index (χ3v) is 6.16. The van der Waals surface area contributed by atoms with E-state index in [0.717, 1.165) is 18.4 Å². The molecular formula is C27H35FN6O2. The second-order valence-corrected chi connectivity index (χ2v) is 9.18. The van der Waals surface area contributed by atoms with Crippen molar-refractivity contribution in [3.05, 3.63) is 53.2 Å². The van der Waals surface area contributed by atoms with Crippen molar-refractivity contribution in [2.45, 2.75) is 71.1 Å². The van der Waals surface area contributed by atoms with E-state index in [4.69, 9.17) is 11.0 Å². The van der Waals surface area contributed by atoms with Gasteiger partial charge in [-0.2, -0.15) is 10.4 Å². The summed E-state index contributed by atoms with van der Waals surface area (Å²) in [6, 6.07) is 10.3. The molecule has 1 aliphatic rings. The molecule has 3 N–H and O–H groups in total. The molecule has 192 valence electrons. The summed E-state index contributed by atoms with van der Waals surface area (Å²) in [4.78, 5) is 25.7. The number of nitrogens with two attached hydrogens (primary N) is 1. The lowest BCUT2D eigenvalue weighted by molar-refractivity contribution is -0.116. The van der Waals surface area contributed by atoms with Gasteiger partial charge in [0.15, 0.2) is 5.82 Å². The number of anilines is 1. The van der Waals surface area contributed by atoms with Crippen LogP contribution in [0, 0.1) is 11.3 Å². The van der Waals surface area contributed by atoms with Gasteiger partial charge in [0.2, 0.25) is 5.91 Å². The third-order valence-electron chi connectivity index (χ3n) is 6.16. The Labute approximate surface area is 212 Å². The van der Waals surface area contributed by atoms with Gasteiger partial charge in [0.25, 0.3) is 5.91 Å². The molecule has 0 saturated carbocycles. The highest BCUT2D eigenvalue weighted by molar-refractivity contribution is 6.01. The fourth-order valence-electron chi connectivity index (χ4n) is 4.38. The van der Waals surface area contributed by atoms with Crippen LogP contribution in [0.15, 0.2) is 36.5 Å². The quantitative estimate of drug-likeness (QED) is 0.403. The van der Waals surface area contributed by atoms with E-state index in [-0.39, 0.29) is 30.3 Å². The normalized spacial score (nSPS) is 13.9. The summed E-state index contributed by atoms with van der Waals surface area (Å²) in [5.74, 6) is -0.727. The van der Waals surface area contributed by atoms with Gasteiger partial charge in [-0.25, -0.2) is 4.39 Å². The number of amides is 2. The highest BCUT2D eigenvalue weighted by atomic mass is 19.1. The molecule has 0 bridgehead atoms. The van der Waals surface area contributed by atoms with Crippen molar-refractivity contribution in [2.24, 2.45) is 5.73 Å². The molecule has 2 aromatic rings. The van der Waals surface area contributed by atoms with Gasteiger partial charge in [-0.1, -0.05) is 37.3 Å². The van der Waals surface area contributed by atoms with E-state index in [0.29, 0.717) is 38.9 Å². The van der Waals surface area contributed by atoms with Gasteiger partial charge in [0.1, 0.15) is 11.7 Å². The topological polar surface area (TPSA) is 117 Å².